The fraction of sp³-hybridized carbons (Fsp3) is 0.346. The van der Waals surface area contributed by atoms with Gasteiger partial charge in [-0.3, -0.25) is 0 Å². The zero-order valence-corrected chi connectivity index (χ0v) is 19.4. The molecule has 1 aromatic heterocycles. The van der Waals surface area contributed by atoms with Crippen LogP contribution in [0.3, 0.4) is 0 Å². The molecule has 0 bridgehead atoms. The third-order valence-electron chi connectivity index (χ3n) is 6.04. The molecule has 0 fully saturated rings. The summed E-state index contributed by atoms with van der Waals surface area (Å²) in [5.41, 5.74) is 4.16. The Morgan fingerprint density at radius 2 is 1.75 bits per heavy atom. The molecule has 1 unspecified atom stereocenters. The van der Waals surface area contributed by atoms with Crippen molar-refractivity contribution in [2.75, 3.05) is 26.1 Å². The van der Waals surface area contributed by atoms with Gasteiger partial charge in [-0.05, 0) is 40.8 Å². The van der Waals surface area contributed by atoms with Crippen molar-refractivity contribution < 1.29 is 14.3 Å². The number of carbonyl (C=O) groups is 1. The lowest BCUT2D eigenvalue weighted by Crippen LogP contribution is -2.44. The van der Waals surface area contributed by atoms with Gasteiger partial charge in [0.05, 0.1) is 25.9 Å². The Balaban J connectivity index is 1.66. The largest absolute Gasteiger partial charge is 0.497 e. The van der Waals surface area contributed by atoms with E-state index in [4.69, 9.17) is 9.47 Å². The zero-order valence-electron chi connectivity index (χ0n) is 19.4. The van der Waals surface area contributed by atoms with E-state index in [2.05, 4.69) is 67.2 Å². The summed E-state index contributed by atoms with van der Waals surface area (Å²) < 4.78 is 12.9. The molecule has 4 rings (SSSR count). The molecule has 0 spiro atoms. The maximum atomic E-state index is 13.5. The highest BCUT2D eigenvalue weighted by molar-refractivity contribution is 5.91. The van der Waals surface area contributed by atoms with Crippen LogP contribution in [0.4, 0.5) is 10.5 Å². The van der Waals surface area contributed by atoms with Crippen LogP contribution in [-0.4, -0.2) is 36.3 Å². The molecular weight excluding hydrogens is 402 g/mol. The van der Waals surface area contributed by atoms with Crippen LogP contribution in [0.25, 0.3) is 0 Å². The smallest absolute Gasteiger partial charge is 0.322 e. The Kier molecular flexibility index (Phi) is 5.87. The zero-order chi connectivity index (χ0) is 22.9. The van der Waals surface area contributed by atoms with Gasteiger partial charge < -0.3 is 24.3 Å². The first kappa shape index (κ1) is 21.8. The molecule has 2 aromatic carbocycles. The third kappa shape index (κ3) is 4.17. The second-order valence-corrected chi connectivity index (χ2v) is 9.09. The SMILES string of the molecule is COc1ccc(NC(=O)N2CCn3cccc3C2c2ccc(C(C)(C)C)cc2)c(OC)c1. The fourth-order valence-corrected chi connectivity index (χ4v) is 4.21. The molecule has 0 saturated heterocycles. The van der Waals surface area contributed by atoms with Gasteiger partial charge in [-0.15, -0.1) is 0 Å². The third-order valence-corrected chi connectivity index (χ3v) is 6.04. The minimum Gasteiger partial charge on any atom is -0.497 e. The monoisotopic (exact) mass is 433 g/mol. The number of urea groups is 1. The number of hydrogen-bond acceptors (Lipinski definition) is 3. The molecule has 2 amide bonds. The van der Waals surface area contributed by atoms with E-state index in [0.29, 0.717) is 23.7 Å². The highest BCUT2D eigenvalue weighted by Crippen LogP contribution is 2.35. The number of methoxy groups -OCH3 is 2. The number of rotatable bonds is 4. The lowest BCUT2D eigenvalue weighted by Gasteiger charge is -2.37. The van der Waals surface area contributed by atoms with Crippen LogP contribution in [0.15, 0.2) is 60.8 Å². The number of nitrogens with zero attached hydrogens (tertiary/aromatic N) is 2. The number of anilines is 1. The normalized spacial score (nSPS) is 15.8. The molecular formula is C26H31N3O3. The average Bonchev–Trinajstić information content (AvgIpc) is 3.27. The Bertz CT molecular complexity index is 1100. The molecule has 0 saturated carbocycles. The summed E-state index contributed by atoms with van der Waals surface area (Å²) in [6.45, 7) is 7.98. The summed E-state index contributed by atoms with van der Waals surface area (Å²) in [5, 5.41) is 3.04. The van der Waals surface area contributed by atoms with E-state index >= 15 is 0 Å². The number of nitrogens with one attached hydrogen (secondary N) is 1. The quantitative estimate of drug-likeness (QED) is 0.596. The number of fused-ring (bicyclic) bond motifs is 1. The molecule has 6 heteroatoms. The van der Waals surface area contributed by atoms with Crippen LogP contribution in [0.2, 0.25) is 0 Å². The molecule has 6 nitrogen and oxygen atoms in total. The molecule has 2 heterocycles. The molecule has 168 valence electrons. The van der Waals surface area contributed by atoms with Crippen molar-refractivity contribution >= 4 is 11.7 Å². The summed E-state index contributed by atoms with van der Waals surface area (Å²) in [6, 6.07) is 17.8. The number of aromatic nitrogens is 1. The molecule has 1 aliphatic rings. The van der Waals surface area contributed by atoms with Gasteiger partial charge in [0.25, 0.3) is 0 Å². The highest BCUT2D eigenvalue weighted by atomic mass is 16.5. The van der Waals surface area contributed by atoms with Gasteiger partial charge in [0, 0.05) is 31.0 Å². The van der Waals surface area contributed by atoms with Gasteiger partial charge in [-0.2, -0.15) is 0 Å². The predicted octanol–water partition coefficient (Wildman–Crippen LogP) is 5.44. The second kappa shape index (κ2) is 8.61. The van der Waals surface area contributed by atoms with Gasteiger partial charge in [0.1, 0.15) is 11.5 Å². The van der Waals surface area contributed by atoms with Gasteiger partial charge in [0.2, 0.25) is 0 Å². The second-order valence-electron chi connectivity index (χ2n) is 9.09. The van der Waals surface area contributed by atoms with Gasteiger partial charge in [0.15, 0.2) is 0 Å². The van der Waals surface area contributed by atoms with Crippen molar-refractivity contribution in [1.29, 1.82) is 0 Å². The fourth-order valence-electron chi connectivity index (χ4n) is 4.21. The number of ether oxygens (including phenoxy) is 2. The van der Waals surface area contributed by atoms with Gasteiger partial charge >= 0.3 is 6.03 Å². The summed E-state index contributed by atoms with van der Waals surface area (Å²) in [6.07, 6.45) is 2.08. The first-order valence-electron chi connectivity index (χ1n) is 10.9. The highest BCUT2D eigenvalue weighted by Gasteiger charge is 2.32. The molecule has 1 N–H and O–H groups in total. The van der Waals surface area contributed by atoms with E-state index in [9.17, 15) is 4.79 Å². The molecule has 1 aliphatic heterocycles. The van der Waals surface area contributed by atoms with Gasteiger partial charge in [-0.25, -0.2) is 4.79 Å². The summed E-state index contributed by atoms with van der Waals surface area (Å²) in [5.74, 6) is 1.23. The Labute approximate surface area is 189 Å². The lowest BCUT2D eigenvalue weighted by atomic mass is 9.86. The first-order chi connectivity index (χ1) is 15.3. The Hall–Kier alpha value is -3.41. The topological polar surface area (TPSA) is 55.7 Å². The van der Waals surface area contributed by atoms with Crippen LogP contribution in [0.1, 0.15) is 43.6 Å². The van der Waals surface area contributed by atoms with E-state index in [1.165, 1.54) is 5.56 Å². The van der Waals surface area contributed by atoms with Crippen LogP contribution in [0.5, 0.6) is 11.5 Å². The molecule has 32 heavy (non-hydrogen) atoms. The van der Waals surface area contributed by atoms with Crippen molar-refractivity contribution in [3.8, 4) is 11.5 Å². The number of amides is 2. The predicted molar refractivity (Wildman–Crippen MR) is 127 cm³/mol. The van der Waals surface area contributed by atoms with E-state index in [1.807, 2.05) is 17.0 Å². The average molecular weight is 434 g/mol. The standard InChI is InChI=1S/C26H31N3O3/c1-26(2,3)19-10-8-18(9-11-19)24-22-7-6-14-28(22)15-16-29(24)25(30)27-21-13-12-20(31-4)17-23(21)32-5/h6-14,17,24H,15-16H2,1-5H3,(H,27,30). The lowest BCUT2D eigenvalue weighted by molar-refractivity contribution is 0.181. The van der Waals surface area contributed by atoms with Crippen molar-refractivity contribution in [1.82, 2.24) is 9.47 Å². The Morgan fingerprint density at radius 3 is 2.41 bits per heavy atom. The van der Waals surface area contributed by atoms with Crippen molar-refractivity contribution in [2.45, 2.75) is 38.8 Å². The summed E-state index contributed by atoms with van der Waals surface area (Å²) >= 11 is 0. The Morgan fingerprint density at radius 1 is 1.00 bits per heavy atom. The number of carbonyl (C=O) groups excluding carboxylic acids is 1. The molecule has 3 aromatic rings. The van der Waals surface area contributed by atoms with Crippen LogP contribution >= 0.6 is 0 Å². The van der Waals surface area contributed by atoms with Crippen molar-refractivity contribution in [3.05, 3.63) is 77.6 Å². The minimum absolute atomic E-state index is 0.0767. The maximum absolute atomic E-state index is 13.5. The molecule has 0 aliphatic carbocycles. The maximum Gasteiger partial charge on any atom is 0.322 e. The summed E-state index contributed by atoms with van der Waals surface area (Å²) in [7, 11) is 3.18. The van der Waals surface area contributed by atoms with Crippen LogP contribution < -0.4 is 14.8 Å². The van der Waals surface area contributed by atoms with E-state index in [-0.39, 0.29) is 17.5 Å². The van der Waals surface area contributed by atoms with Crippen molar-refractivity contribution in [2.24, 2.45) is 0 Å². The van der Waals surface area contributed by atoms with Crippen LogP contribution in [0, 0.1) is 0 Å². The van der Waals surface area contributed by atoms with Crippen molar-refractivity contribution in [3.63, 3.8) is 0 Å². The molecule has 0 radical (unpaired) electrons. The van der Waals surface area contributed by atoms with Gasteiger partial charge in [-0.1, -0.05) is 45.0 Å². The summed E-state index contributed by atoms with van der Waals surface area (Å²) in [4.78, 5) is 15.3. The van der Waals surface area contributed by atoms with E-state index < -0.39 is 0 Å². The first-order valence-corrected chi connectivity index (χ1v) is 10.9. The van der Waals surface area contributed by atoms with Crippen LogP contribution in [-0.2, 0) is 12.0 Å². The van der Waals surface area contributed by atoms with E-state index in [1.54, 1.807) is 26.4 Å². The van der Waals surface area contributed by atoms with E-state index in [0.717, 1.165) is 17.8 Å². The minimum atomic E-state index is -0.169. The number of hydrogen-bond donors (Lipinski definition) is 1. The number of benzene rings is 2. The molecule has 1 atom stereocenters.